The van der Waals surface area contributed by atoms with E-state index in [0.29, 0.717) is 11.1 Å². The zero-order chi connectivity index (χ0) is 25.8. The van der Waals surface area contributed by atoms with Crippen LogP contribution in [0.3, 0.4) is 0 Å². The summed E-state index contributed by atoms with van der Waals surface area (Å²) < 4.78 is 37.9. The standard InChI is InChI=1S/C25H30F2N2O6/c1-25(2,3)35-23(32)28(12-4-11-26)14-16-5-7-17(8-6-16)19-10-9-18(13-20(19)27)29-15-21(22(30)31)34-24(29)33/h5-10,13,21-22,30-31H,4,11-12,14-15H2,1-3H3. The monoisotopic (exact) mass is 492 g/mol. The summed E-state index contributed by atoms with van der Waals surface area (Å²) in [5.41, 5.74) is 1.20. The van der Waals surface area contributed by atoms with Gasteiger partial charge in [0.25, 0.3) is 0 Å². The Morgan fingerprint density at radius 1 is 1.23 bits per heavy atom. The van der Waals surface area contributed by atoms with Crippen molar-refractivity contribution in [3.63, 3.8) is 0 Å². The average molecular weight is 493 g/mol. The Balaban J connectivity index is 1.73. The largest absolute Gasteiger partial charge is 0.444 e. The first kappa shape index (κ1) is 26.4. The van der Waals surface area contributed by atoms with Crippen molar-refractivity contribution in [3.8, 4) is 11.1 Å². The third-order valence-electron chi connectivity index (χ3n) is 5.28. The van der Waals surface area contributed by atoms with Crippen LogP contribution in [0.5, 0.6) is 0 Å². The number of anilines is 1. The highest BCUT2D eigenvalue weighted by molar-refractivity contribution is 5.90. The normalized spacial score (nSPS) is 15.9. The summed E-state index contributed by atoms with van der Waals surface area (Å²) in [6, 6.07) is 11.2. The third kappa shape index (κ3) is 6.89. The molecule has 0 aromatic heterocycles. The number of alkyl halides is 1. The number of ether oxygens (including phenoxy) is 2. The first-order chi connectivity index (χ1) is 16.5. The van der Waals surface area contributed by atoms with E-state index in [9.17, 15) is 28.6 Å². The van der Waals surface area contributed by atoms with Gasteiger partial charge in [-0.3, -0.25) is 9.29 Å². The van der Waals surface area contributed by atoms with Gasteiger partial charge in [0.15, 0.2) is 12.4 Å². The molecular formula is C25H30F2N2O6. The second-order valence-electron chi connectivity index (χ2n) is 9.25. The molecule has 3 rings (SSSR count). The van der Waals surface area contributed by atoms with Crippen LogP contribution in [-0.4, -0.2) is 65.1 Å². The molecule has 1 heterocycles. The molecule has 1 saturated heterocycles. The molecule has 1 aliphatic rings. The molecular weight excluding hydrogens is 462 g/mol. The van der Waals surface area contributed by atoms with E-state index in [-0.39, 0.29) is 31.7 Å². The number of hydrogen-bond acceptors (Lipinski definition) is 6. The van der Waals surface area contributed by atoms with Crippen LogP contribution in [-0.2, 0) is 16.0 Å². The van der Waals surface area contributed by atoms with Crippen LogP contribution in [0.2, 0.25) is 0 Å². The Morgan fingerprint density at radius 3 is 2.46 bits per heavy atom. The summed E-state index contributed by atoms with van der Waals surface area (Å²) in [6.45, 7) is 5.03. The molecule has 1 fully saturated rings. The first-order valence-corrected chi connectivity index (χ1v) is 11.3. The van der Waals surface area contributed by atoms with Gasteiger partial charge >= 0.3 is 12.2 Å². The van der Waals surface area contributed by atoms with Gasteiger partial charge in [0.2, 0.25) is 0 Å². The van der Waals surface area contributed by atoms with Crippen molar-refractivity contribution in [1.82, 2.24) is 4.90 Å². The highest BCUT2D eigenvalue weighted by atomic mass is 19.1. The number of aliphatic hydroxyl groups excluding tert-OH is 1. The summed E-state index contributed by atoms with van der Waals surface area (Å²) in [6.07, 6.45) is -4.06. The fraction of sp³-hybridized carbons (Fsp3) is 0.440. The van der Waals surface area contributed by atoms with Gasteiger partial charge in [-0.05, 0) is 56.5 Å². The lowest BCUT2D eigenvalue weighted by atomic mass is 10.0. The van der Waals surface area contributed by atoms with Crippen LogP contribution in [0.1, 0.15) is 32.8 Å². The number of carbonyl (C=O) groups excluding carboxylic acids is 2. The summed E-state index contributed by atoms with van der Waals surface area (Å²) >= 11 is 0. The van der Waals surface area contributed by atoms with Crippen LogP contribution < -0.4 is 4.90 Å². The maximum Gasteiger partial charge on any atom is 0.414 e. The minimum atomic E-state index is -1.82. The molecule has 0 radical (unpaired) electrons. The fourth-order valence-corrected chi connectivity index (χ4v) is 3.58. The number of benzene rings is 2. The van der Waals surface area contributed by atoms with E-state index in [0.717, 1.165) is 10.5 Å². The number of carbonyl (C=O) groups is 2. The van der Waals surface area contributed by atoms with Crippen molar-refractivity contribution in [3.05, 3.63) is 53.8 Å². The van der Waals surface area contributed by atoms with E-state index in [2.05, 4.69) is 0 Å². The molecule has 190 valence electrons. The van der Waals surface area contributed by atoms with Gasteiger partial charge in [0.1, 0.15) is 11.4 Å². The SMILES string of the molecule is CC(C)(C)OC(=O)N(CCCF)Cc1ccc(-c2ccc(N3CC(C(O)O)OC3=O)cc2F)cc1. The Kier molecular flexibility index (Phi) is 8.29. The number of amides is 2. The van der Waals surface area contributed by atoms with Crippen LogP contribution in [0.4, 0.5) is 24.1 Å². The number of aliphatic hydroxyl groups is 2. The first-order valence-electron chi connectivity index (χ1n) is 11.3. The lowest BCUT2D eigenvalue weighted by Gasteiger charge is -2.27. The van der Waals surface area contributed by atoms with Gasteiger partial charge in [0, 0.05) is 18.7 Å². The molecule has 0 bridgehead atoms. The molecule has 10 heteroatoms. The highest BCUT2D eigenvalue weighted by Gasteiger charge is 2.36. The topological polar surface area (TPSA) is 99.5 Å². The second kappa shape index (κ2) is 11.0. The lowest BCUT2D eigenvalue weighted by Crippen LogP contribution is -2.37. The number of halogens is 2. The van der Waals surface area contributed by atoms with E-state index < -0.39 is 42.7 Å². The molecule has 1 aliphatic heterocycles. The zero-order valence-electron chi connectivity index (χ0n) is 19.9. The molecule has 35 heavy (non-hydrogen) atoms. The van der Waals surface area contributed by atoms with E-state index in [1.54, 1.807) is 51.1 Å². The number of rotatable bonds is 8. The van der Waals surface area contributed by atoms with Gasteiger partial charge < -0.3 is 24.6 Å². The van der Waals surface area contributed by atoms with Crippen LogP contribution in [0.15, 0.2) is 42.5 Å². The van der Waals surface area contributed by atoms with E-state index in [1.807, 2.05) is 0 Å². The summed E-state index contributed by atoms with van der Waals surface area (Å²) in [5, 5.41) is 18.4. The highest BCUT2D eigenvalue weighted by Crippen LogP contribution is 2.30. The maximum absolute atomic E-state index is 14.9. The van der Waals surface area contributed by atoms with Crippen molar-refractivity contribution in [2.75, 3.05) is 24.7 Å². The number of cyclic esters (lactones) is 1. The second-order valence-corrected chi connectivity index (χ2v) is 9.25. The van der Waals surface area contributed by atoms with Crippen LogP contribution in [0.25, 0.3) is 11.1 Å². The van der Waals surface area contributed by atoms with Crippen molar-refractivity contribution < 1.29 is 38.1 Å². The molecule has 2 amide bonds. The van der Waals surface area contributed by atoms with Gasteiger partial charge in [-0.1, -0.05) is 24.3 Å². The summed E-state index contributed by atoms with van der Waals surface area (Å²) in [5.74, 6) is -0.575. The van der Waals surface area contributed by atoms with Crippen molar-refractivity contribution in [2.24, 2.45) is 0 Å². The maximum atomic E-state index is 14.9. The molecule has 8 nitrogen and oxygen atoms in total. The molecule has 1 unspecified atom stereocenters. The lowest BCUT2D eigenvalue weighted by molar-refractivity contribution is -0.108. The van der Waals surface area contributed by atoms with Gasteiger partial charge in [-0.25, -0.2) is 14.0 Å². The number of nitrogens with zero attached hydrogens (tertiary/aromatic N) is 2. The van der Waals surface area contributed by atoms with Gasteiger partial charge in [-0.15, -0.1) is 0 Å². The Hall–Kier alpha value is -3.24. The van der Waals surface area contributed by atoms with Crippen LogP contribution >= 0.6 is 0 Å². The van der Waals surface area contributed by atoms with E-state index >= 15 is 0 Å². The van der Waals surface area contributed by atoms with Crippen LogP contribution in [0, 0.1) is 5.82 Å². The fourth-order valence-electron chi connectivity index (χ4n) is 3.58. The van der Waals surface area contributed by atoms with E-state index in [4.69, 9.17) is 9.47 Å². The molecule has 0 aliphatic carbocycles. The Labute approximate surface area is 202 Å². The number of hydrogen-bond donors (Lipinski definition) is 2. The average Bonchev–Trinajstić information content (AvgIpc) is 3.18. The molecule has 2 aromatic carbocycles. The summed E-state index contributed by atoms with van der Waals surface area (Å²) in [4.78, 5) is 27.0. The molecule has 1 atom stereocenters. The molecule has 2 aromatic rings. The van der Waals surface area contributed by atoms with Gasteiger partial charge in [-0.2, -0.15) is 0 Å². The van der Waals surface area contributed by atoms with Crippen molar-refractivity contribution in [1.29, 1.82) is 0 Å². The van der Waals surface area contributed by atoms with Crippen molar-refractivity contribution >= 4 is 17.9 Å². The smallest absolute Gasteiger partial charge is 0.414 e. The molecule has 0 saturated carbocycles. The Morgan fingerprint density at radius 2 is 1.91 bits per heavy atom. The van der Waals surface area contributed by atoms with E-state index in [1.165, 1.54) is 17.0 Å². The molecule has 2 N–H and O–H groups in total. The predicted octanol–water partition coefficient (Wildman–Crippen LogP) is 4.23. The van der Waals surface area contributed by atoms with Gasteiger partial charge in [0.05, 0.1) is 18.9 Å². The minimum absolute atomic E-state index is 0.111. The van der Waals surface area contributed by atoms with Crippen molar-refractivity contribution in [2.45, 2.75) is 51.7 Å². The quantitative estimate of drug-likeness (QED) is 0.535. The summed E-state index contributed by atoms with van der Waals surface area (Å²) in [7, 11) is 0. The predicted molar refractivity (Wildman–Crippen MR) is 125 cm³/mol. The molecule has 0 spiro atoms. The zero-order valence-corrected chi connectivity index (χ0v) is 19.9. The minimum Gasteiger partial charge on any atom is -0.444 e. The Bertz CT molecular complexity index is 1040. The third-order valence-corrected chi connectivity index (χ3v) is 5.28.